The maximum absolute atomic E-state index is 11.8. The second kappa shape index (κ2) is 10.4. The van der Waals surface area contributed by atoms with Crippen LogP contribution in [0.2, 0.25) is 0 Å². The zero-order chi connectivity index (χ0) is 21.4. The molecule has 0 radical (unpaired) electrons. The highest BCUT2D eigenvalue weighted by Gasteiger charge is 2.20. The van der Waals surface area contributed by atoms with Crippen molar-refractivity contribution in [1.29, 1.82) is 0 Å². The number of esters is 1. The molecule has 0 amide bonds. The number of nitrogens with one attached hydrogen (secondary N) is 1. The number of hydrazone groups is 1. The maximum Gasteiger partial charge on any atom is 0.350 e. The molecule has 0 saturated carbocycles. The molecule has 0 aliphatic carbocycles. The maximum atomic E-state index is 11.8. The third-order valence-electron chi connectivity index (χ3n) is 3.65. The number of hydrogen-bond acceptors (Lipinski definition) is 10. The standard InChI is InChI=1S/C18H22N4O6S/c1-5-12-16(17(23)26-4)29-18(20-12)21-19-10-11-8-13(22(24)25)15(28-7-3)9-14(11)27-6-2/h8-10H,5-7H2,1-4H3,(H,20,21)/b19-10-. The van der Waals surface area contributed by atoms with Gasteiger partial charge >= 0.3 is 11.7 Å². The van der Waals surface area contributed by atoms with Crippen molar-refractivity contribution in [3.05, 3.63) is 38.4 Å². The van der Waals surface area contributed by atoms with E-state index < -0.39 is 10.9 Å². The number of benzene rings is 1. The highest BCUT2D eigenvalue weighted by Crippen LogP contribution is 2.34. The van der Waals surface area contributed by atoms with Gasteiger partial charge in [-0.2, -0.15) is 5.10 Å². The fourth-order valence-electron chi connectivity index (χ4n) is 2.41. The van der Waals surface area contributed by atoms with Gasteiger partial charge in [0, 0.05) is 17.7 Å². The number of nitro groups is 1. The summed E-state index contributed by atoms with van der Waals surface area (Å²) >= 11 is 1.11. The van der Waals surface area contributed by atoms with Crippen LogP contribution in [0.4, 0.5) is 10.8 Å². The SMILES string of the molecule is CCOc1cc(OCC)c([N+](=O)[O-])cc1/C=N\Nc1nc(CC)c(C(=O)OC)s1. The molecule has 0 fully saturated rings. The van der Waals surface area contributed by atoms with Crippen molar-refractivity contribution >= 4 is 34.3 Å². The molecule has 0 unspecified atom stereocenters. The van der Waals surface area contributed by atoms with Gasteiger partial charge in [0.15, 0.2) is 0 Å². The summed E-state index contributed by atoms with van der Waals surface area (Å²) in [6.07, 6.45) is 1.95. The number of nitro benzene ring substituents is 1. The number of aromatic nitrogens is 1. The lowest BCUT2D eigenvalue weighted by molar-refractivity contribution is -0.385. The first kappa shape index (κ1) is 22.1. The van der Waals surface area contributed by atoms with Crippen LogP contribution in [0.5, 0.6) is 11.5 Å². The van der Waals surface area contributed by atoms with Gasteiger partial charge in [0.25, 0.3) is 0 Å². The summed E-state index contributed by atoms with van der Waals surface area (Å²) in [6.45, 7) is 6.07. The minimum atomic E-state index is -0.525. The predicted octanol–water partition coefficient (Wildman–Crippen LogP) is 3.64. The van der Waals surface area contributed by atoms with E-state index in [1.54, 1.807) is 13.8 Å². The number of hydrogen-bond donors (Lipinski definition) is 1. The normalized spacial score (nSPS) is 10.8. The lowest BCUT2D eigenvalue weighted by atomic mass is 10.1. The number of thiazole rings is 1. The van der Waals surface area contributed by atoms with E-state index in [0.717, 1.165) is 11.3 Å². The molecule has 2 rings (SSSR count). The molecular weight excluding hydrogens is 400 g/mol. The zero-order valence-corrected chi connectivity index (χ0v) is 17.4. The van der Waals surface area contributed by atoms with Crippen molar-refractivity contribution in [2.75, 3.05) is 25.7 Å². The lowest BCUT2D eigenvalue weighted by Gasteiger charge is -2.10. The molecule has 1 aromatic heterocycles. The van der Waals surface area contributed by atoms with Gasteiger partial charge in [-0.15, -0.1) is 0 Å². The first-order valence-corrected chi connectivity index (χ1v) is 9.71. The Hall–Kier alpha value is -3.21. The third-order valence-corrected chi connectivity index (χ3v) is 4.64. The Kier molecular flexibility index (Phi) is 7.89. The summed E-state index contributed by atoms with van der Waals surface area (Å²) in [5, 5.41) is 15.8. The van der Waals surface area contributed by atoms with E-state index in [1.165, 1.54) is 25.5 Å². The van der Waals surface area contributed by atoms with Crippen molar-refractivity contribution in [2.45, 2.75) is 27.2 Å². The fourth-order valence-corrected chi connectivity index (χ4v) is 3.33. The number of nitrogens with zero attached hydrogens (tertiary/aromatic N) is 3. The van der Waals surface area contributed by atoms with E-state index in [0.29, 0.717) is 40.0 Å². The first-order chi connectivity index (χ1) is 13.9. The van der Waals surface area contributed by atoms with E-state index in [4.69, 9.17) is 14.2 Å². The number of methoxy groups -OCH3 is 1. The van der Waals surface area contributed by atoms with Gasteiger partial charge in [-0.25, -0.2) is 9.78 Å². The van der Waals surface area contributed by atoms with E-state index in [2.05, 4.69) is 15.5 Å². The lowest BCUT2D eigenvalue weighted by Crippen LogP contribution is -2.03. The highest BCUT2D eigenvalue weighted by molar-refractivity contribution is 7.17. The van der Waals surface area contributed by atoms with Gasteiger partial charge in [0.05, 0.1) is 37.2 Å². The van der Waals surface area contributed by atoms with E-state index >= 15 is 0 Å². The summed E-state index contributed by atoms with van der Waals surface area (Å²) in [5.41, 5.74) is 3.55. The van der Waals surface area contributed by atoms with Crippen molar-refractivity contribution in [3.63, 3.8) is 0 Å². The van der Waals surface area contributed by atoms with Crippen LogP contribution in [0.1, 0.15) is 41.7 Å². The quantitative estimate of drug-likeness (QED) is 0.266. The van der Waals surface area contributed by atoms with Crippen LogP contribution in [0.15, 0.2) is 17.2 Å². The molecule has 0 bridgehead atoms. The number of carbonyl (C=O) groups is 1. The Morgan fingerprint density at radius 1 is 1.28 bits per heavy atom. The summed E-state index contributed by atoms with van der Waals surface area (Å²) < 4.78 is 15.6. The van der Waals surface area contributed by atoms with Crippen molar-refractivity contribution in [2.24, 2.45) is 5.10 Å². The van der Waals surface area contributed by atoms with Crippen molar-refractivity contribution in [3.8, 4) is 11.5 Å². The van der Waals surface area contributed by atoms with E-state index in [-0.39, 0.29) is 18.0 Å². The molecule has 1 aromatic carbocycles. The average molecular weight is 422 g/mol. The number of rotatable bonds is 10. The monoisotopic (exact) mass is 422 g/mol. The third kappa shape index (κ3) is 5.41. The Bertz CT molecular complexity index is 912. The molecule has 1 N–H and O–H groups in total. The Labute approximate surface area is 171 Å². The molecule has 11 heteroatoms. The number of aryl methyl sites for hydroxylation is 1. The summed E-state index contributed by atoms with van der Waals surface area (Å²) in [4.78, 5) is 27.3. The largest absolute Gasteiger partial charge is 0.493 e. The molecule has 0 aliphatic heterocycles. The molecule has 0 atom stereocenters. The van der Waals surface area contributed by atoms with Gasteiger partial charge in [-0.05, 0) is 20.3 Å². The predicted molar refractivity (Wildman–Crippen MR) is 109 cm³/mol. The van der Waals surface area contributed by atoms with Crippen molar-refractivity contribution in [1.82, 2.24) is 4.98 Å². The Balaban J connectivity index is 2.31. The van der Waals surface area contributed by atoms with Crippen LogP contribution in [-0.2, 0) is 11.2 Å². The molecule has 156 valence electrons. The smallest absolute Gasteiger partial charge is 0.350 e. The minimum Gasteiger partial charge on any atom is -0.493 e. The van der Waals surface area contributed by atoms with Crippen LogP contribution < -0.4 is 14.9 Å². The van der Waals surface area contributed by atoms with Crippen LogP contribution in [0.25, 0.3) is 0 Å². The van der Waals surface area contributed by atoms with Crippen LogP contribution in [-0.4, -0.2) is 42.4 Å². The Morgan fingerprint density at radius 2 is 1.97 bits per heavy atom. The number of carbonyl (C=O) groups excluding carboxylic acids is 1. The topological polar surface area (TPSA) is 125 Å². The molecule has 2 aromatic rings. The molecule has 0 saturated heterocycles. The average Bonchev–Trinajstić information content (AvgIpc) is 3.12. The van der Waals surface area contributed by atoms with Gasteiger partial charge in [-0.3, -0.25) is 15.5 Å². The second-order valence-corrected chi connectivity index (χ2v) is 6.49. The number of anilines is 1. The van der Waals surface area contributed by atoms with Crippen LogP contribution in [0, 0.1) is 10.1 Å². The molecule has 0 spiro atoms. The van der Waals surface area contributed by atoms with E-state index in [1.807, 2.05) is 6.92 Å². The molecular formula is C18H22N4O6S. The van der Waals surface area contributed by atoms with Crippen LogP contribution in [0.3, 0.4) is 0 Å². The van der Waals surface area contributed by atoms with Gasteiger partial charge in [0.1, 0.15) is 10.6 Å². The molecule has 1 heterocycles. The summed E-state index contributed by atoms with van der Waals surface area (Å²) in [6, 6.07) is 2.81. The molecule has 29 heavy (non-hydrogen) atoms. The second-order valence-electron chi connectivity index (χ2n) is 5.49. The summed E-state index contributed by atoms with van der Waals surface area (Å²) in [5.74, 6) is 0.0641. The fraction of sp³-hybridized carbons (Fsp3) is 0.389. The minimum absolute atomic E-state index is 0.126. The van der Waals surface area contributed by atoms with Crippen LogP contribution >= 0.6 is 11.3 Å². The summed E-state index contributed by atoms with van der Waals surface area (Å²) in [7, 11) is 1.31. The molecule has 10 nitrogen and oxygen atoms in total. The first-order valence-electron chi connectivity index (χ1n) is 8.90. The number of ether oxygens (including phenoxy) is 3. The molecule has 0 aliphatic rings. The zero-order valence-electron chi connectivity index (χ0n) is 16.6. The van der Waals surface area contributed by atoms with E-state index in [9.17, 15) is 14.9 Å². The highest BCUT2D eigenvalue weighted by atomic mass is 32.1. The van der Waals surface area contributed by atoms with Gasteiger partial charge in [0.2, 0.25) is 10.9 Å². The van der Waals surface area contributed by atoms with Gasteiger partial charge < -0.3 is 14.2 Å². The Morgan fingerprint density at radius 3 is 2.55 bits per heavy atom. The van der Waals surface area contributed by atoms with Gasteiger partial charge in [-0.1, -0.05) is 18.3 Å². The van der Waals surface area contributed by atoms with Crippen molar-refractivity contribution < 1.29 is 23.9 Å².